The summed E-state index contributed by atoms with van der Waals surface area (Å²) in [6, 6.07) is 13.6. The molecule has 0 radical (unpaired) electrons. The van der Waals surface area contributed by atoms with Crippen LogP contribution >= 0.6 is 0 Å². The van der Waals surface area contributed by atoms with Crippen molar-refractivity contribution >= 4 is 54.5 Å². The SMILES string of the molecule is [2H]C([2H])([2H])c1c[n+](C)c2c3c(C)cccc3c3cc4c(cc3c2c1C([2H])([2H])[2H])oc1nc(C([2H])(C)C(C)(C)C)ccc14. The predicted molar refractivity (Wildman–Crippen MR) is 147 cm³/mol. The third-order valence-corrected chi connectivity index (χ3v) is 7.49. The van der Waals surface area contributed by atoms with E-state index in [1.165, 1.54) is 6.20 Å². The molecule has 1 atom stereocenters. The van der Waals surface area contributed by atoms with Crippen LogP contribution in [0.1, 0.15) is 65.6 Å². The van der Waals surface area contributed by atoms with Crippen molar-refractivity contribution < 1.29 is 18.6 Å². The van der Waals surface area contributed by atoms with Crippen molar-refractivity contribution in [1.82, 2.24) is 4.98 Å². The highest BCUT2D eigenvalue weighted by Crippen LogP contribution is 2.41. The molecule has 0 aliphatic rings. The van der Waals surface area contributed by atoms with E-state index >= 15 is 0 Å². The summed E-state index contributed by atoms with van der Waals surface area (Å²) < 4.78 is 67.2. The summed E-state index contributed by atoms with van der Waals surface area (Å²) in [5.41, 5.74) is 2.37. The summed E-state index contributed by atoms with van der Waals surface area (Å²) in [5.74, 6) is -0.968. The van der Waals surface area contributed by atoms with E-state index < -0.39 is 19.6 Å². The van der Waals surface area contributed by atoms with Crippen LogP contribution in [0, 0.1) is 26.0 Å². The lowest BCUT2D eigenvalue weighted by Gasteiger charge is -2.26. The molecular formula is C32H33N2O+. The second-order valence-electron chi connectivity index (χ2n) is 10.7. The van der Waals surface area contributed by atoms with Gasteiger partial charge in [0.15, 0.2) is 6.20 Å². The molecule has 35 heavy (non-hydrogen) atoms. The molecule has 0 saturated heterocycles. The molecule has 3 nitrogen and oxygen atoms in total. The van der Waals surface area contributed by atoms with Gasteiger partial charge >= 0.3 is 0 Å². The standard InChI is InChI=1S/C32H33N2O/c1-17-10-9-11-21-23-14-24-22-12-13-26(20(4)32(5,6)7)33-31(22)35-27(24)15-25(23)29-19(3)18(2)16-34(8)30(29)28(17)21/h9-16,20H,1-8H3/q+1/i2D3,3D3,20D. The Bertz CT molecular complexity index is 2100. The van der Waals surface area contributed by atoms with Gasteiger partial charge in [0.25, 0.3) is 0 Å². The molecule has 3 heteroatoms. The average molecular weight is 469 g/mol. The predicted octanol–water partition coefficient (Wildman–Crippen LogP) is 8.34. The van der Waals surface area contributed by atoms with Crippen LogP contribution in [-0.4, -0.2) is 4.98 Å². The number of rotatable bonds is 1. The van der Waals surface area contributed by atoms with Crippen molar-refractivity contribution in [2.24, 2.45) is 12.5 Å². The monoisotopic (exact) mass is 468 g/mol. The van der Waals surface area contributed by atoms with Gasteiger partial charge in [-0.1, -0.05) is 45.9 Å². The molecule has 0 spiro atoms. The van der Waals surface area contributed by atoms with Gasteiger partial charge in [-0.2, -0.15) is 0 Å². The van der Waals surface area contributed by atoms with E-state index in [0.717, 1.165) is 32.5 Å². The minimum absolute atomic E-state index is 0.170. The number of fused-ring (bicyclic) bond motifs is 9. The Kier molecular flexibility index (Phi) is 3.22. The van der Waals surface area contributed by atoms with Crippen molar-refractivity contribution in [2.75, 3.05) is 0 Å². The fourth-order valence-electron chi connectivity index (χ4n) is 5.25. The van der Waals surface area contributed by atoms with E-state index in [1.54, 1.807) is 11.6 Å². The number of hydrogen-bond acceptors (Lipinski definition) is 2. The van der Waals surface area contributed by atoms with Gasteiger partial charge in [-0.15, -0.1) is 0 Å². The Morgan fingerprint density at radius 2 is 1.77 bits per heavy atom. The molecule has 3 heterocycles. The van der Waals surface area contributed by atoms with Gasteiger partial charge in [-0.3, -0.25) is 0 Å². The zero-order valence-corrected chi connectivity index (χ0v) is 20.9. The normalized spacial score (nSPS) is 18.2. The molecule has 6 rings (SSSR count). The quantitative estimate of drug-likeness (QED) is 0.179. The minimum Gasteiger partial charge on any atom is -0.438 e. The molecule has 176 valence electrons. The topological polar surface area (TPSA) is 29.9 Å². The first-order chi connectivity index (χ1) is 19.3. The summed E-state index contributed by atoms with van der Waals surface area (Å²) in [4.78, 5) is 4.77. The van der Waals surface area contributed by atoms with Crippen LogP contribution in [0.3, 0.4) is 0 Å². The highest BCUT2D eigenvalue weighted by molar-refractivity contribution is 6.27. The second kappa shape index (κ2) is 7.27. The lowest BCUT2D eigenvalue weighted by Crippen LogP contribution is -2.30. The van der Waals surface area contributed by atoms with Gasteiger partial charge in [0, 0.05) is 42.9 Å². The highest BCUT2D eigenvalue weighted by atomic mass is 16.3. The van der Waals surface area contributed by atoms with E-state index in [4.69, 9.17) is 19.0 Å². The molecular weight excluding hydrogens is 428 g/mol. The zero-order chi connectivity index (χ0) is 30.7. The number of benzene rings is 3. The van der Waals surface area contributed by atoms with Crippen LogP contribution in [0.25, 0.3) is 54.5 Å². The molecule has 0 aliphatic heterocycles. The molecule has 0 N–H and O–H groups in total. The molecule has 3 aromatic carbocycles. The molecule has 0 fully saturated rings. The van der Waals surface area contributed by atoms with Crippen LogP contribution in [-0.2, 0) is 7.05 Å². The smallest absolute Gasteiger partial charge is 0.227 e. The number of furan rings is 1. The second-order valence-corrected chi connectivity index (χ2v) is 10.7. The number of aromatic nitrogens is 2. The molecule has 0 amide bonds. The van der Waals surface area contributed by atoms with Crippen LogP contribution in [0.5, 0.6) is 0 Å². The van der Waals surface area contributed by atoms with Gasteiger partial charge in [-0.05, 0) is 72.2 Å². The lowest BCUT2D eigenvalue weighted by atomic mass is 9.80. The van der Waals surface area contributed by atoms with Crippen LogP contribution in [0.2, 0.25) is 0 Å². The van der Waals surface area contributed by atoms with Crippen LogP contribution in [0.4, 0.5) is 0 Å². The molecule has 0 bridgehead atoms. The minimum atomic E-state index is -2.69. The van der Waals surface area contributed by atoms with E-state index in [2.05, 4.69) is 0 Å². The average Bonchev–Trinajstić information content (AvgIpc) is 3.22. The van der Waals surface area contributed by atoms with Gasteiger partial charge < -0.3 is 4.42 Å². The van der Waals surface area contributed by atoms with E-state index in [9.17, 15) is 0 Å². The Morgan fingerprint density at radius 3 is 2.51 bits per heavy atom. The van der Waals surface area contributed by atoms with Gasteiger partial charge in [0.1, 0.15) is 12.6 Å². The third-order valence-electron chi connectivity index (χ3n) is 7.49. The summed E-state index contributed by atoms with van der Waals surface area (Å²) in [7, 11) is 1.76. The fraction of sp³-hybridized carbons (Fsp3) is 0.312. The Balaban J connectivity index is 1.85. The zero-order valence-electron chi connectivity index (χ0n) is 27.9. The highest BCUT2D eigenvalue weighted by Gasteiger charge is 2.25. The number of hydrogen-bond donors (Lipinski definition) is 0. The maximum absolute atomic E-state index is 9.01. The largest absolute Gasteiger partial charge is 0.438 e. The van der Waals surface area contributed by atoms with Crippen LogP contribution < -0.4 is 4.57 Å². The summed E-state index contributed by atoms with van der Waals surface area (Å²) >= 11 is 0. The van der Waals surface area contributed by atoms with E-state index in [0.29, 0.717) is 33.3 Å². The Morgan fingerprint density at radius 1 is 0.943 bits per heavy atom. The number of aryl methyl sites for hydroxylation is 4. The fourth-order valence-corrected chi connectivity index (χ4v) is 5.25. The van der Waals surface area contributed by atoms with Crippen molar-refractivity contribution in [3.63, 3.8) is 0 Å². The molecule has 1 unspecified atom stereocenters. The maximum Gasteiger partial charge on any atom is 0.227 e. The van der Waals surface area contributed by atoms with Crippen molar-refractivity contribution in [2.45, 2.75) is 54.2 Å². The Labute approximate surface area is 216 Å². The summed E-state index contributed by atoms with van der Waals surface area (Å²) in [6.07, 6.45) is 1.44. The number of pyridine rings is 2. The van der Waals surface area contributed by atoms with Crippen molar-refractivity contribution in [1.29, 1.82) is 0 Å². The van der Waals surface area contributed by atoms with Crippen LogP contribution in [0.15, 0.2) is 53.1 Å². The van der Waals surface area contributed by atoms with Gasteiger partial charge in [0.05, 0.1) is 10.8 Å². The first-order valence-electron chi connectivity index (χ1n) is 15.4. The van der Waals surface area contributed by atoms with E-state index in [-0.39, 0.29) is 16.5 Å². The van der Waals surface area contributed by atoms with Gasteiger partial charge in [0.2, 0.25) is 11.2 Å². The molecule has 0 aliphatic carbocycles. The first-order valence-corrected chi connectivity index (χ1v) is 11.9. The lowest BCUT2D eigenvalue weighted by molar-refractivity contribution is -0.644. The van der Waals surface area contributed by atoms with E-state index in [1.807, 2.05) is 77.1 Å². The number of nitrogens with zero attached hydrogens (tertiary/aromatic N) is 2. The van der Waals surface area contributed by atoms with Gasteiger partial charge in [-0.25, -0.2) is 9.55 Å². The molecule has 0 saturated carbocycles. The summed E-state index contributed by atoms with van der Waals surface area (Å²) in [6.45, 7) is 4.51. The Hall–Kier alpha value is -3.46. The third kappa shape index (κ3) is 3.10. The summed E-state index contributed by atoms with van der Waals surface area (Å²) in [5, 5.41) is 5.18. The first kappa shape index (κ1) is 15.5. The molecule has 6 aromatic rings. The molecule has 3 aromatic heterocycles. The van der Waals surface area contributed by atoms with Crippen molar-refractivity contribution in [3.05, 3.63) is 71.0 Å². The maximum atomic E-state index is 9.01. The van der Waals surface area contributed by atoms with Crippen molar-refractivity contribution in [3.8, 4) is 0 Å².